The molecule has 1 unspecified atom stereocenters. The molecule has 1 atom stereocenters. The molecule has 3 heteroatoms. The summed E-state index contributed by atoms with van der Waals surface area (Å²) in [5.41, 5.74) is 3.96. The third kappa shape index (κ3) is 3.92. The molecule has 0 aliphatic carbocycles. The Kier molecular flexibility index (Phi) is 5.11. The summed E-state index contributed by atoms with van der Waals surface area (Å²) in [5.74, 6) is -1.36. The highest BCUT2D eigenvalue weighted by Gasteiger charge is 2.20. The van der Waals surface area contributed by atoms with E-state index in [9.17, 15) is 9.90 Å². The molecule has 0 saturated carbocycles. The fraction of sp³-hybridized carbons (Fsp3) is 0.0952. The van der Waals surface area contributed by atoms with Crippen molar-refractivity contribution in [2.45, 2.75) is 12.3 Å². The lowest BCUT2D eigenvalue weighted by Gasteiger charge is -2.14. The normalized spacial score (nSPS) is 11.9. The van der Waals surface area contributed by atoms with Crippen molar-refractivity contribution in [1.82, 2.24) is 0 Å². The van der Waals surface area contributed by atoms with Gasteiger partial charge in [-0.1, -0.05) is 82.7 Å². The Labute approximate surface area is 149 Å². The van der Waals surface area contributed by atoms with Crippen LogP contribution >= 0.6 is 15.9 Å². The summed E-state index contributed by atoms with van der Waals surface area (Å²) >= 11 is 3.40. The number of halogens is 1. The summed E-state index contributed by atoms with van der Waals surface area (Å²) in [6, 6.07) is 25.6. The fourth-order valence-electron chi connectivity index (χ4n) is 2.77. The third-order valence-electron chi connectivity index (χ3n) is 4.05. The van der Waals surface area contributed by atoms with Gasteiger partial charge < -0.3 is 5.11 Å². The van der Waals surface area contributed by atoms with E-state index in [1.165, 1.54) is 0 Å². The quantitative estimate of drug-likeness (QED) is 0.631. The molecule has 0 amide bonds. The first-order valence-electron chi connectivity index (χ1n) is 7.76. The Morgan fingerprint density at radius 2 is 1.54 bits per heavy atom. The van der Waals surface area contributed by atoms with Gasteiger partial charge in [-0.05, 0) is 40.8 Å². The number of aliphatic carboxylic acids is 1. The van der Waals surface area contributed by atoms with Crippen LogP contribution in [-0.4, -0.2) is 11.1 Å². The van der Waals surface area contributed by atoms with Crippen molar-refractivity contribution < 1.29 is 9.90 Å². The van der Waals surface area contributed by atoms with Gasteiger partial charge in [0.2, 0.25) is 0 Å². The van der Waals surface area contributed by atoms with E-state index in [0.29, 0.717) is 6.42 Å². The van der Waals surface area contributed by atoms with Crippen LogP contribution in [0.25, 0.3) is 11.1 Å². The molecular formula is C21H17BrO2. The standard InChI is InChI=1S/C21H17BrO2/c22-19-11-9-15(10-12-19)13-20(21(23)24)18-8-4-7-17(14-18)16-5-2-1-3-6-16/h1-12,14,20H,13H2,(H,23,24). The highest BCUT2D eigenvalue weighted by atomic mass is 79.9. The van der Waals surface area contributed by atoms with Crippen molar-refractivity contribution in [3.05, 3.63) is 94.5 Å². The van der Waals surface area contributed by atoms with Gasteiger partial charge in [0.15, 0.2) is 0 Å². The molecule has 3 rings (SSSR count). The molecule has 0 fully saturated rings. The molecule has 0 aliphatic heterocycles. The largest absolute Gasteiger partial charge is 0.481 e. The van der Waals surface area contributed by atoms with Crippen LogP contribution in [0.5, 0.6) is 0 Å². The van der Waals surface area contributed by atoms with E-state index in [2.05, 4.69) is 15.9 Å². The van der Waals surface area contributed by atoms with Gasteiger partial charge in [0, 0.05) is 4.47 Å². The van der Waals surface area contributed by atoms with Crippen molar-refractivity contribution >= 4 is 21.9 Å². The van der Waals surface area contributed by atoms with Crippen LogP contribution in [0.1, 0.15) is 17.0 Å². The smallest absolute Gasteiger partial charge is 0.311 e. The topological polar surface area (TPSA) is 37.3 Å². The SMILES string of the molecule is O=C(O)C(Cc1ccc(Br)cc1)c1cccc(-c2ccccc2)c1. The number of hydrogen-bond donors (Lipinski definition) is 1. The fourth-order valence-corrected chi connectivity index (χ4v) is 3.03. The van der Waals surface area contributed by atoms with Crippen LogP contribution in [0.15, 0.2) is 83.3 Å². The average molecular weight is 381 g/mol. The Balaban J connectivity index is 1.91. The van der Waals surface area contributed by atoms with E-state index >= 15 is 0 Å². The van der Waals surface area contributed by atoms with Gasteiger partial charge in [-0.15, -0.1) is 0 Å². The molecule has 0 aliphatic rings. The second-order valence-corrected chi connectivity index (χ2v) is 6.63. The zero-order valence-electron chi connectivity index (χ0n) is 13.0. The minimum atomic E-state index is -0.803. The van der Waals surface area contributed by atoms with Crippen molar-refractivity contribution in [1.29, 1.82) is 0 Å². The first-order valence-corrected chi connectivity index (χ1v) is 8.55. The van der Waals surface area contributed by atoms with Crippen LogP contribution in [0.2, 0.25) is 0 Å². The Morgan fingerprint density at radius 3 is 2.21 bits per heavy atom. The van der Waals surface area contributed by atoms with E-state index in [-0.39, 0.29) is 0 Å². The second kappa shape index (κ2) is 7.45. The van der Waals surface area contributed by atoms with Crippen LogP contribution in [0, 0.1) is 0 Å². The molecule has 0 radical (unpaired) electrons. The third-order valence-corrected chi connectivity index (χ3v) is 4.58. The summed E-state index contributed by atoms with van der Waals surface area (Å²) in [6.07, 6.45) is 0.473. The summed E-state index contributed by atoms with van der Waals surface area (Å²) in [7, 11) is 0. The predicted octanol–water partition coefficient (Wildman–Crippen LogP) is 5.53. The van der Waals surface area contributed by atoms with Gasteiger partial charge in [-0.2, -0.15) is 0 Å². The van der Waals surface area contributed by atoms with E-state index in [1.807, 2.05) is 78.9 Å². The Hall–Kier alpha value is -2.39. The van der Waals surface area contributed by atoms with Crippen LogP contribution in [-0.2, 0) is 11.2 Å². The van der Waals surface area contributed by atoms with Crippen LogP contribution in [0.3, 0.4) is 0 Å². The molecule has 1 N–H and O–H groups in total. The van der Waals surface area contributed by atoms with Gasteiger partial charge in [0.05, 0.1) is 5.92 Å². The first kappa shape index (κ1) is 16.5. The molecular weight excluding hydrogens is 364 g/mol. The minimum absolute atomic E-state index is 0.473. The van der Waals surface area contributed by atoms with Crippen molar-refractivity contribution in [3.63, 3.8) is 0 Å². The van der Waals surface area contributed by atoms with Crippen LogP contribution < -0.4 is 0 Å². The molecule has 120 valence electrons. The molecule has 0 heterocycles. The average Bonchev–Trinajstić information content (AvgIpc) is 2.62. The molecule has 3 aromatic rings. The molecule has 3 aromatic carbocycles. The lowest BCUT2D eigenvalue weighted by Crippen LogP contribution is -2.14. The van der Waals surface area contributed by atoms with E-state index in [1.54, 1.807) is 0 Å². The number of carboxylic acids is 1. The first-order chi connectivity index (χ1) is 11.6. The van der Waals surface area contributed by atoms with Crippen molar-refractivity contribution in [2.24, 2.45) is 0 Å². The van der Waals surface area contributed by atoms with E-state index < -0.39 is 11.9 Å². The molecule has 0 aromatic heterocycles. The number of benzene rings is 3. The summed E-state index contributed by atoms with van der Waals surface area (Å²) in [4.78, 5) is 11.8. The van der Waals surface area contributed by atoms with Gasteiger partial charge in [0.25, 0.3) is 0 Å². The number of carboxylic acid groups (broad SMARTS) is 1. The maximum Gasteiger partial charge on any atom is 0.311 e. The molecule has 0 bridgehead atoms. The maximum atomic E-state index is 11.8. The highest BCUT2D eigenvalue weighted by Crippen LogP contribution is 2.27. The second-order valence-electron chi connectivity index (χ2n) is 5.71. The van der Waals surface area contributed by atoms with Crippen molar-refractivity contribution in [2.75, 3.05) is 0 Å². The van der Waals surface area contributed by atoms with Gasteiger partial charge >= 0.3 is 5.97 Å². The van der Waals surface area contributed by atoms with Gasteiger partial charge in [0.1, 0.15) is 0 Å². The summed E-state index contributed by atoms with van der Waals surface area (Å²) in [6.45, 7) is 0. The number of hydrogen-bond acceptors (Lipinski definition) is 1. The zero-order valence-corrected chi connectivity index (χ0v) is 14.6. The van der Waals surface area contributed by atoms with Crippen molar-refractivity contribution in [3.8, 4) is 11.1 Å². The monoisotopic (exact) mass is 380 g/mol. The zero-order chi connectivity index (χ0) is 16.9. The molecule has 0 saturated heterocycles. The number of rotatable bonds is 5. The molecule has 24 heavy (non-hydrogen) atoms. The van der Waals surface area contributed by atoms with Gasteiger partial charge in [-0.3, -0.25) is 4.79 Å². The van der Waals surface area contributed by atoms with Crippen LogP contribution in [0.4, 0.5) is 0 Å². The lowest BCUT2D eigenvalue weighted by molar-refractivity contribution is -0.138. The maximum absolute atomic E-state index is 11.8. The van der Waals surface area contributed by atoms with E-state index in [4.69, 9.17) is 0 Å². The summed E-state index contributed by atoms with van der Waals surface area (Å²) in [5, 5.41) is 9.69. The summed E-state index contributed by atoms with van der Waals surface area (Å²) < 4.78 is 0.990. The minimum Gasteiger partial charge on any atom is -0.481 e. The molecule has 2 nitrogen and oxygen atoms in total. The molecule has 0 spiro atoms. The van der Waals surface area contributed by atoms with E-state index in [0.717, 1.165) is 26.7 Å². The van der Waals surface area contributed by atoms with Gasteiger partial charge in [-0.25, -0.2) is 0 Å². The Morgan fingerprint density at radius 1 is 0.875 bits per heavy atom. The Bertz CT molecular complexity index is 826. The number of carbonyl (C=O) groups is 1. The lowest BCUT2D eigenvalue weighted by atomic mass is 9.90. The predicted molar refractivity (Wildman–Crippen MR) is 100 cm³/mol. The highest BCUT2D eigenvalue weighted by molar-refractivity contribution is 9.10.